The predicted molar refractivity (Wildman–Crippen MR) is 233 cm³/mol. The summed E-state index contributed by atoms with van der Waals surface area (Å²) >= 11 is 13.9. The first kappa shape index (κ1) is 39.9. The van der Waals surface area contributed by atoms with E-state index in [1.54, 1.807) is 46.2 Å². The minimum atomic E-state index is -2.26. The van der Waals surface area contributed by atoms with Crippen LogP contribution in [0.25, 0.3) is 0 Å². The predicted octanol–water partition coefficient (Wildman–Crippen LogP) is 10.3. The first-order chi connectivity index (χ1) is 27.8. The zero-order valence-corrected chi connectivity index (χ0v) is 35.1. The number of carbonyl (C=O) groups excluding carboxylic acids is 3. The number of fused-ring (bicyclic) bond motifs is 4. The van der Waals surface area contributed by atoms with Crippen molar-refractivity contribution in [2.24, 2.45) is 5.92 Å². The minimum absolute atomic E-state index is 0.323. The molecule has 7 nitrogen and oxygen atoms in total. The third-order valence-corrected chi connectivity index (χ3v) is 13.3. The molecule has 3 aliphatic rings. The van der Waals surface area contributed by atoms with Gasteiger partial charge in [0, 0.05) is 45.8 Å². The Morgan fingerprint density at radius 1 is 0.672 bits per heavy atom. The Labute approximate surface area is 351 Å². The van der Waals surface area contributed by atoms with Crippen LogP contribution in [0.15, 0.2) is 109 Å². The zero-order valence-electron chi connectivity index (χ0n) is 33.6. The second kappa shape index (κ2) is 15.0. The number of aliphatic hydroxyl groups is 1. The van der Waals surface area contributed by atoms with E-state index in [0.717, 1.165) is 29.5 Å². The molecule has 0 unspecified atom stereocenters. The van der Waals surface area contributed by atoms with Crippen molar-refractivity contribution >= 4 is 57.9 Å². The zero-order chi connectivity index (χ0) is 41.1. The summed E-state index contributed by atoms with van der Waals surface area (Å²) in [5, 5.41) is 19.1. The van der Waals surface area contributed by atoms with Gasteiger partial charge in [0.25, 0.3) is 0 Å². The molecular weight excluding hydrogens is 765 g/mol. The molecular formula is C49H49Cl2N3O4. The van der Waals surface area contributed by atoms with E-state index < -0.39 is 40.1 Å². The monoisotopic (exact) mass is 813 g/mol. The summed E-state index contributed by atoms with van der Waals surface area (Å²) in [5.74, 6) is -2.77. The number of unbranched alkanes of at least 4 members (excludes halogenated alkanes) is 2. The average molecular weight is 815 g/mol. The molecule has 0 aromatic heterocycles. The molecule has 8 rings (SSSR count). The SMILES string of the molecule is CCCCN1C(=O)[C@]2(c3cc(Cl)ccc31)[C@H](Nc1ccc(C)cc1)[C@@](O)(c1ccc(C)cc1)[C@@]1(C(=O)N(CCCC)c3ccc(Cl)cc31)[C@H]2C(=O)c1ccc(C)cc1. The number of amides is 2. The standard InChI is InChI=1S/C49H49Cl2N3O4/c1-6-8-26-53-40-24-20-35(50)28-38(40)47(45(53)56)43(42(55)33-16-10-30(3)11-17-33)48(39-29-36(51)21-25-41(39)54(46(48)57)27-9-7-2)49(58,34-18-12-31(4)13-19-34)44(47)52-37-22-14-32(5)15-23-37/h10-25,28-29,43-44,52,58H,6-9,26-27H2,1-5H3/t43-,44-,47-,48+,49-/m0/s1. The molecule has 298 valence electrons. The molecule has 9 heteroatoms. The van der Waals surface area contributed by atoms with E-state index in [0.29, 0.717) is 75.3 Å². The normalized spacial score (nSPS) is 24.6. The molecule has 2 heterocycles. The number of aryl methyl sites for hydroxylation is 3. The fourth-order valence-corrected chi connectivity index (χ4v) is 10.5. The third kappa shape index (κ3) is 5.68. The number of anilines is 3. The lowest BCUT2D eigenvalue weighted by Crippen LogP contribution is -2.60. The van der Waals surface area contributed by atoms with Crippen LogP contribution in [-0.4, -0.2) is 41.8 Å². The number of hydrogen-bond acceptors (Lipinski definition) is 5. The van der Waals surface area contributed by atoms with Gasteiger partial charge in [0.1, 0.15) is 16.4 Å². The van der Waals surface area contributed by atoms with Crippen molar-refractivity contribution in [3.8, 4) is 0 Å². The summed E-state index contributed by atoms with van der Waals surface area (Å²) in [5.41, 5.74) is 0.0442. The molecule has 2 spiro atoms. The fourth-order valence-electron chi connectivity index (χ4n) is 10.1. The highest BCUT2D eigenvalue weighted by Crippen LogP contribution is 2.72. The van der Waals surface area contributed by atoms with Gasteiger partial charge in [-0.15, -0.1) is 0 Å². The quantitative estimate of drug-likeness (QED) is 0.130. The molecule has 2 N–H and O–H groups in total. The Hall–Kier alpha value is -4.95. The Balaban J connectivity index is 1.60. The molecule has 0 saturated heterocycles. The van der Waals surface area contributed by atoms with Crippen LogP contribution in [0, 0.1) is 26.7 Å². The third-order valence-electron chi connectivity index (χ3n) is 12.8. The molecule has 58 heavy (non-hydrogen) atoms. The number of ketones is 1. The van der Waals surface area contributed by atoms with Crippen molar-refractivity contribution in [1.29, 1.82) is 0 Å². The van der Waals surface area contributed by atoms with Crippen molar-refractivity contribution in [3.63, 3.8) is 0 Å². The first-order valence-corrected chi connectivity index (χ1v) is 21.1. The summed E-state index contributed by atoms with van der Waals surface area (Å²) in [6.07, 6.45) is 2.96. The van der Waals surface area contributed by atoms with Crippen LogP contribution in [0.3, 0.4) is 0 Å². The van der Waals surface area contributed by atoms with E-state index in [-0.39, 0.29) is 5.91 Å². The van der Waals surface area contributed by atoms with Gasteiger partial charge in [0.2, 0.25) is 11.8 Å². The lowest BCUT2D eigenvalue weighted by atomic mass is 9.58. The molecule has 0 bridgehead atoms. The van der Waals surface area contributed by atoms with Crippen LogP contribution >= 0.6 is 23.2 Å². The molecule has 1 aliphatic carbocycles. The van der Waals surface area contributed by atoms with Gasteiger partial charge < -0.3 is 20.2 Å². The molecule has 0 radical (unpaired) electrons. The molecule has 5 aromatic carbocycles. The topological polar surface area (TPSA) is 90.0 Å². The maximum absolute atomic E-state index is 16.4. The van der Waals surface area contributed by atoms with E-state index >= 15 is 14.4 Å². The summed E-state index contributed by atoms with van der Waals surface area (Å²) in [6.45, 7) is 10.7. The number of rotatable bonds is 11. The largest absolute Gasteiger partial charge is 0.381 e. The van der Waals surface area contributed by atoms with Gasteiger partial charge in [-0.05, 0) is 98.8 Å². The number of benzene rings is 5. The Morgan fingerprint density at radius 3 is 1.71 bits per heavy atom. The van der Waals surface area contributed by atoms with Crippen molar-refractivity contribution in [2.45, 2.75) is 82.8 Å². The Kier molecular flexibility index (Phi) is 10.3. The van der Waals surface area contributed by atoms with Gasteiger partial charge in [0.05, 0.1) is 12.0 Å². The Morgan fingerprint density at radius 2 is 1.16 bits per heavy atom. The number of nitrogens with zero attached hydrogens (tertiary/aromatic N) is 2. The maximum atomic E-state index is 16.4. The van der Waals surface area contributed by atoms with Crippen LogP contribution in [0.5, 0.6) is 0 Å². The average Bonchev–Trinajstić information content (AvgIpc) is 3.68. The van der Waals surface area contributed by atoms with Gasteiger partial charge in [-0.3, -0.25) is 14.4 Å². The highest BCUT2D eigenvalue weighted by molar-refractivity contribution is 6.32. The van der Waals surface area contributed by atoms with Gasteiger partial charge in [-0.1, -0.05) is 127 Å². The van der Waals surface area contributed by atoms with Crippen LogP contribution < -0.4 is 15.1 Å². The van der Waals surface area contributed by atoms with E-state index in [4.69, 9.17) is 23.2 Å². The number of nitrogens with one attached hydrogen (secondary N) is 1. The number of halogens is 2. The van der Waals surface area contributed by atoms with E-state index in [1.807, 2.05) is 93.6 Å². The highest BCUT2D eigenvalue weighted by Gasteiger charge is 2.86. The van der Waals surface area contributed by atoms with Crippen molar-refractivity contribution < 1.29 is 19.5 Å². The minimum Gasteiger partial charge on any atom is -0.381 e. The van der Waals surface area contributed by atoms with Gasteiger partial charge >= 0.3 is 0 Å². The summed E-state index contributed by atoms with van der Waals surface area (Å²) in [4.78, 5) is 52.4. The lowest BCUT2D eigenvalue weighted by Gasteiger charge is -2.44. The van der Waals surface area contributed by atoms with Crippen LogP contribution in [0.1, 0.15) is 83.3 Å². The number of hydrogen-bond donors (Lipinski definition) is 2. The number of carbonyl (C=O) groups is 3. The molecule has 1 saturated carbocycles. The van der Waals surface area contributed by atoms with Crippen LogP contribution in [0.4, 0.5) is 17.1 Å². The van der Waals surface area contributed by atoms with Gasteiger partial charge in [0.15, 0.2) is 5.78 Å². The summed E-state index contributed by atoms with van der Waals surface area (Å²) in [6, 6.07) is 31.7. The summed E-state index contributed by atoms with van der Waals surface area (Å²) in [7, 11) is 0. The molecule has 2 amide bonds. The smallest absolute Gasteiger partial charge is 0.241 e. The second-order valence-electron chi connectivity index (χ2n) is 16.4. The van der Waals surface area contributed by atoms with Crippen LogP contribution in [0.2, 0.25) is 10.0 Å². The van der Waals surface area contributed by atoms with Gasteiger partial charge in [-0.25, -0.2) is 0 Å². The highest BCUT2D eigenvalue weighted by atomic mass is 35.5. The van der Waals surface area contributed by atoms with Crippen molar-refractivity contribution in [1.82, 2.24) is 0 Å². The van der Waals surface area contributed by atoms with E-state index in [2.05, 4.69) is 19.2 Å². The Bertz CT molecular complexity index is 2420. The van der Waals surface area contributed by atoms with E-state index in [9.17, 15) is 5.11 Å². The van der Waals surface area contributed by atoms with Crippen molar-refractivity contribution in [3.05, 3.63) is 158 Å². The van der Waals surface area contributed by atoms with Gasteiger partial charge in [-0.2, -0.15) is 0 Å². The molecule has 1 fully saturated rings. The summed E-state index contributed by atoms with van der Waals surface area (Å²) < 4.78 is 0. The fraction of sp³-hybridized carbons (Fsp3) is 0.327. The molecule has 5 atom stereocenters. The lowest BCUT2D eigenvalue weighted by molar-refractivity contribution is -0.135. The number of Topliss-reactive ketones (excluding diaryl/α,β-unsaturated/α-hetero) is 1. The maximum Gasteiger partial charge on any atom is 0.241 e. The molecule has 5 aromatic rings. The van der Waals surface area contributed by atoms with E-state index in [1.165, 1.54) is 0 Å². The first-order valence-electron chi connectivity index (χ1n) is 20.3. The van der Waals surface area contributed by atoms with Crippen LogP contribution in [-0.2, 0) is 26.0 Å². The second-order valence-corrected chi connectivity index (χ2v) is 17.2. The van der Waals surface area contributed by atoms with Crippen molar-refractivity contribution in [2.75, 3.05) is 28.2 Å². The molecule has 2 aliphatic heterocycles.